The van der Waals surface area contributed by atoms with E-state index < -0.39 is 192 Å². The van der Waals surface area contributed by atoms with E-state index in [2.05, 4.69) is 40.2 Å². The number of urea groups is 4. The number of aryl methyl sites for hydroxylation is 1. The number of β-lactam (4-membered cyclic amide) rings is 4. The molecule has 12 atom stereocenters. The van der Waals surface area contributed by atoms with Crippen LogP contribution in [0.5, 0.6) is 0 Å². The fourth-order valence-corrected chi connectivity index (χ4v) is 21.0. The number of nitrogens with one attached hydrogen (secondary N) is 4. The van der Waals surface area contributed by atoms with Crippen LogP contribution in [0.25, 0.3) is 0 Å². The smallest absolute Gasteiger partial charge is 0.384 e. The van der Waals surface area contributed by atoms with Gasteiger partial charge >= 0.3 is 48.8 Å². The molecule has 4 aliphatic carbocycles. The van der Waals surface area contributed by atoms with Gasteiger partial charge in [0.05, 0.1) is 35.6 Å². The van der Waals surface area contributed by atoms with Crippen LogP contribution in [0, 0.1) is 54.3 Å². The van der Waals surface area contributed by atoms with Crippen LogP contribution in [-0.4, -0.2) is 227 Å². The number of carbonyl (C=O) groups excluding carboxylic acids is 12. The second kappa shape index (κ2) is 48.5. The summed E-state index contributed by atoms with van der Waals surface area (Å²) in [6.45, 7) is 1.81. The van der Waals surface area contributed by atoms with Crippen LogP contribution in [0.15, 0.2) is 171 Å². The summed E-state index contributed by atoms with van der Waals surface area (Å²) in [5.74, 6) is -11.1. The van der Waals surface area contributed by atoms with E-state index in [1.165, 1.54) is 104 Å². The minimum atomic E-state index is -4.69. The molecule has 798 valence electrons. The number of carbonyl (C=O) groups is 12. The Balaban J connectivity index is 0.000000166. The SMILES string of the molecule is CN(C(=O)[C@@H]1[C@@H](Cc2ccnc(N)c2)C(=O)N1C(=O)N[C@@H](C1CCCCC1)C(F)(F)F)c1ccccn1.CN(C(=O)[C@@H]1[C@@H](Cc2ccnc(N)c2)C(=O)N1C(=O)N[C@@H](C1CCCCC1)C(F)(F)F)c1cccnc1.CN(C(=O)[C@@H]1[C@@H](Cc2ccnc(N)c2)C(=O)N1C(=O)N[C@@H](C1CCCCC1)C(F)(F)F)c1ccncc1.Cc1ccccc1N(C)C(=O)[C@@H]1[C@@H](Cc2ccnc(N)c2)C(=O)N1C(=O)N[C@@H](C1CCCCC1)C(F)(F)F. The first-order valence-corrected chi connectivity index (χ1v) is 49.2. The van der Waals surface area contributed by atoms with E-state index in [0.29, 0.717) is 162 Å². The molecule has 4 aliphatic heterocycles. The quantitative estimate of drug-likeness (QED) is 0.0206. The Kier molecular flexibility index (Phi) is 36.3. The van der Waals surface area contributed by atoms with Gasteiger partial charge in [-0.15, -0.1) is 0 Å². The van der Waals surface area contributed by atoms with E-state index >= 15 is 0 Å². The summed E-state index contributed by atoms with van der Waals surface area (Å²) in [4.78, 5) is 195. The lowest BCUT2D eigenvalue weighted by molar-refractivity contribution is -0.171. The normalized spacial score (nSPS) is 21.1. The molecule has 149 heavy (non-hydrogen) atoms. The minimum absolute atomic E-state index is 0.0626. The summed E-state index contributed by atoms with van der Waals surface area (Å²) < 4.78 is 167. The number of alkyl halides is 12. The van der Waals surface area contributed by atoms with Crippen molar-refractivity contribution in [2.24, 2.45) is 47.3 Å². The van der Waals surface area contributed by atoms with Gasteiger partial charge in [0, 0.05) is 89.1 Å². The molecule has 16 rings (SSSR count). The van der Waals surface area contributed by atoms with Gasteiger partial charge in [0.25, 0.3) is 23.6 Å². The van der Waals surface area contributed by atoms with Crippen molar-refractivity contribution in [1.82, 2.24) is 75.8 Å². The van der Waals surface area contributed by atoms with Crippen LogP contribution in [0.3, 0.4) is 0 Å². The molecule has 4 saturated heterocycles. The Bertz CT molecular complexity index is 5640. The molecule has 35 nitrogen and oxygen atoms in total. The molecule has 0 spiro atoms. The van der Waals surface area contributed by atoms with Crippen molar-refractivity contribution in [3.63, 3.8) is 0 Å². The van der Waals surface area contributed by atoms with Crippen molar-refractivity contribution >= 4 is 118 Å². The number of halogens is 12. The molecule has 7 aromatic heterocycles. The molecule has 0 unspecified atom stereocenters. The molecule has 1 aromatic carbocycles. The highest BCUT2D eigenvalue weighted by molar-refractivity contribution is 6.16. The highest BCUT2D eigenvalue weighted by Gasteiger charge is 2.63. The third-order valence-electron chi connectivity index (χ3n) is 28.8. The van der Waals surface area contributed by atoms with E-state index in [4.69, 9.17) is 22.9 Å². The second-order valence-electron chi connectivity index (χ2n) is 38.7. The molecule has 0 bridgehead atoms. The summed E-state index contributed by atoms with van der Waals surface area (Å²) >= 11 is 0. The zero-order valence-electron chi connectivity index (χ0n) is 82.3. The average Bonchev–Trinajstić information content (AvgIpc) is 0.748. The summed E-state index contributed by atoms with van der Waals surface area (Å²) in [6.07, 6.45) is 5.93. The lowest BCUT2D eigenvalue weighted by Gasteiger charge is -2.46. The van der Waals surface area contributed by atoms with Gasteiger partial charge in [-0.25, -0.2) is 44.1 Å². The number of hydrogen-bond donors (Lipinski definition) is 8. The number of nitrogens with two attached hydrogens (primary N) is 4. The molecular formula is C102H119F12N23O12. The fraction of sp³-hybridized carbons (Fsp3) is 0.480. The molecule has 0 radical (unpaired) electrons. The van der Waals surface area contributed by atoms with Gasteiger partial charge in [-0.1, -0.05) is 101 Å². The third kappa shape index (κ3) is 26.9. The number of amides is 16. The fourth-order valence-electron chi connectivity index (χ4n) is 21.0. The summed E-state index contributed by atoms with van der Waals surface area (Å²) in [6, 6.07) is 12.7. The Morgan fingerprint density at radius 3 is 0.893 bits per heavy atom. The number of imide groups is 4. The molecule has 47 heteroatoms. The Labute approximate surface area is 850 Å². The maximum Gasteiger partial charge on any atom is 0.408 e. The predicted octanol–water partition coefficient (Wildman–Crippen LogP) is 14.2. The maximum atomic E-state index is 14.0. The zero-order chi connectivity index (χ0) is 108. The van der Waals surface area contributed by atoms with Crippen molar-refractivity contribution in [2.45, 2.75) is 234 Å². The van der Waals surface area contributed by atoms with Crippen molar-refractivity contribution in [3.8, 4) is 0 Å². The molecular weight excluding hydrogens is 1970 g/mol. The average molecular weight is 2090 g/mol. The number of likely N-dealkylation sites (N-methyl/N-ethyl adjacent to an activating group) is 4. The van der Waals surface area contributed by atoms with Crippen LogP contribution >= 0.6 is 0 Å². The van der Waals surface area contributed by atoms with Crippen LogP contribution < -0.4 is 63.8 Å². The van der Waals surface area contributed by atoms with Gasteiger partial charge in [-0.2, -0.15) is 52.7 Å². The lowest BCUT2D eigenvalue weighted by Crippen LogP contribution is -2.71. The van der Waals surface area contributed by atoms with Gasteiger partial charge in [0.2, 0.25) is 23.6 Å². The van der Waals surface area contributed by atoms with Crippen LogP contribution in [0.2, 0.25) is 0 Å². The number of benzene rings is 1. The monoisotopic (exact) mass is 2090 g/mol. The van der Waals surface area contributed by atoms with E-state index in [-0.39, 0.29) is 54.8 Å². The number of para-hydroxylation sites is 1. The van der Waals surface area contributed by atoms with Gasteiger partial charge in [-0.3, -0.25) is 72.8 Å². The Morgan fingerprint density at radius 2 is 0.617 bits per heavy atom. The van der Waals surface area contributed by atoms with E-state index in [0.717, 1.165) is 31.2 Å². The molecule has 8 fully saturated rings. The van der Waals surface area contributed by atoms with Crippen molar-refractivity contribution in [3.05, 3.63) is 199 Å². The van der Waals surface area contributed by atoms with E-state index in [1.54, 1.807) is 103 Å². The molecule has 8 aromatic rings. The number of likely N-dealkylation sites (tertiary alicyclic amines) is 4. The summed E-state index contributed by atoms with van der Waals surface area (Å²) in [5, 5.41) is 8.20. The minimum Gasteiger partial charge on any atom is -0.384 e. The summed E-state index contributed by atoms with van der Waals surface area (Å²) in [7, 11) is 5.88. The van der Waals surface area contributed by atoms with Crippen LogP contribution in [0.1, 0.15) is 156 Å². The maximum absolute atomic E-state index is 14.0. The first-order chi connectivity index (χ1) is 70.7. The van der Waals surface area contributed by atoms with Gasteiger partial charge in [0.15, 0.2) is 0 Å². The zero-order valence-corrected chi connectivity index (χ0v) is 82.3. The number of anilines is 8. The first kappa shape index (κ1) is 111. The number of nitrogens with zero attached hydrogens (tertiary/aromatic N) is 15. The standard InChI is InChI=1S/C27H32F3N5O3.3C25H29F3N6O3/c1-16-8-6-7-11-20(16)34(2)25(37)22-19(14-17-12-13-32-21(31)15-17)24(36)35(22)26(38)33-23(27(28,29)30)18-9-4-3-5-10-18;1-33(19-9-5-6-11-31-19)23(36)20-17(13-15-10-12-30-18(29)14-15)22(35)34(20)24(37)32-21(25(26,27)28)16-7-3-2-4-8-16;1-33(17-8-5-10-30-14-17)23(36)20-18(12-15-9-11-31-19(29)13-15)22(35)34(20)24(37)32-21(25(26,27)28)16-6-3-2-4-7-16;1-33(17-8-10-30-11-9-17)23(36)20-18(13-15-7-12-31-19(29)14-15)22(35)34(20)24(37)32-21(25(26,27)28)16-5-3-2-4-6-16/h6-8,11-13,15,18-19,22-23H,3-5,9-10,14H2,1-2H3,(H2,31,32)(H,33,38);5-6,9-12,14,16-17,20-21H,2-4,7-8,13H2,1H3,(H2,29,30)(H,32,37);5,8-11,13-14,16,18,20-21H,2-4,6-7,12H2,1H3,(H2,29,31)(H,32,37);7-12,14,16,18,20-21H,2-6,13H2,1H3,(H2,29,31)(H,32,37)/t19-,22+,23+;17-,20+,21+;2*18-,20+,21+/m1111/s1. The predicted molar refractivity (Wildman–Crippen MR) is 523 cm³/mol. The second-order valence-corrected chi connectivity index (χ2v) is 38.7. The number of aromatic nitrogens is 7. The molecule has 8 aliphatic rings. The molecule has 11 heterocycles. The van der Waals surface area contributed by atoms with Gasteiger partial charge < -0.3 is 58.9 Å². The van der Waals surface area contributed by atoms with Gasteiger partial charge in [-0.05, 0) is 226 Å². The number of rotatable bonds is 24. The van der Waals surface area contributed by atoms with Crippen molar-refractivity contribution in [2.75, 3.05) is 70.7 Å². The molecule has 12 N–H and O–H groups in total. The number of hydrogen-bond acceptors (Lipinski definition) is 23. The highest BCUT2D eigenvalue weighted by Crippen LogP contribution is 2.45. The number of nitrogen functional groups attached to an aromatic ring is 4. The lowest BCUT2D eigenvalue weighted by atomic mass is 9.81. The van der Waals surface area contributed by atoms with Crippen LogP contribution in [-0.2, 0) is 64.0 Å². The third-order valence-corrected chi connectivity index (χ3v) is 28.8. The molecule has 16 amide bonds. The topological polar surface area (TPSA) is 473 Å². The van der Waals surface area contributed by atoms with Crippen molar-refractivity contribution in [1.29, 1.82) is 0 Å². The Morgan fingerprint density at radius 1 is 0.329 bits per heavy atom. The molecule has 4 saturated carbocycles. The number of pyridine rings is 7. The van der Waals surface area contributed by atoms with Crippen molar-refractivity contribution < 1.29 is 110 Å². The highest BCUT2D eigenvalue weighted by atomic mass is 19.4. The summed E-state index contributed by atoms with van der Waals surface area (Å²) in [5.41, 5.74) is 27.6. The largest absolute Gasteiger partial charge is 0.408 e. The van der Waals surface area contributed by atoms with E-state index in [1.807, 2.05) is 35.0 Å². The Hall–Kier alpha value is -14.7. The van der Waals surface area contributed by atoms with E-state index in [9.17, 15) is 110 Å². The first-order valence-electron chi connectivity index (χ1n) is 49.2. The van der Waals surface area contributed by atoms with Crippen LogP contribution in [0.4, 0.5) is 118 Å². The van der Waals surface area contributed by atoms with Gasteiger partial charge in [0.1, 0.15) is 77.4 Å².